The SMILES string of the molecule is O=C(O)Nc1c(C2C3CCN(CC3)C2Cc2cccnc2)ccc2ccccc12. The summed E-state index contributed by atoms with van der Waals surface area (Å²) in [6.07, 6.45) is 6.05. The average molecular weight is 387 g/mol. The molecule has 1 amide bonds. The van der Waals surface area contributed by atoms with E-state index in [-0.39, 0.29) is 0 Å². The van der Waals surface area contributed by atoms with E-state index in [4.69, 9.17) is 0 Å². The largest absolute Gasteiger partial charge is 0.465 e. The number of carbonyl (C=O) groups is 1. The molecular weight excluding hydrogens is 362 g/mol. The molecule has 0 spiro atoms. The molecule has 5 nitrogen and oxygen atoms in total. The highest BCUT2D eigenvalue weighted by atomic mass is 16.4. The van der Waals surface area contributed by atoms with Gasteiger partial charge in [0.1, 0.15) is 0 Å². The van der Waals surface area contributed by atoms with Gasteiger partial charge in [0, 0.05) is 29.7 Å². The molecule has 0 radical (unpaired) electrons. The first-order chi connectivity index (χ1) is 14.2. The van der Waals surface area contributed by atoms with Crippen LogP contribution in [0, 0.1) is 5.92 Å². The average Bonchev–Trinajstić information content (AvgIpc) is 2.76. The third kappa shape index (κ3) is 3.36. The number of nitrogens with one attached hydrogen (secondary N) is 1. The minimum absolute atomic E-state index is 0.309. The zero-order valence-corrected chi connectivity index (χ0v) is 16.3. The van der Waals surface area contributed by atoms with E-state index in [0.29, 0.717) is 17.9 Å². The van der Waals surface area contributed by atoms with Gasteiger partial charge in [-0.3, -0.25) is 15.2 Å². The van der Waals surface area contributed by atoms with E-state index in [2.05, 4.69) is 33.4 Å². The maximum absolute atomic E-state index is 11.7. The van der Waals surface area contributed by atoms with Crippen LogP contribution in [0.25, 0.3) is 10.8 Å². The summed E-state index contributed by atoms with van der Waals surface area (Å²) in [7, 11) is 0. The van der Waals surface area contributed by atoms with E-state index in [1.807, 2.05) is 42.7 Å². The summed E-state index contributed by atoms with van der Waals surface area (Å²) in [6.45, 7) is 2.25. The molecule has 3 aliphatic heterocycles. The molecule has 5 heteroatoms. The smallest absolute Gasteiger partial charge is 0.409 e. The van der Waals surface area contributed by atoms with Crippen LogP contribution < -0.4 is 5.32 Å². The fraction of sp³-hybridized carbons (Fsp3) is 0.333. The minimum Gasteiger partial charge on any atom is -0.465 e. The highest BCUT2D eigenvalue weighted by Gasteiger charge is 2.43. The van der Waals surface area contributed by atoms with Gasteiger partial charge >= 0.3 is 6.09 Å². The summed E-state index contributed by atoms with van der Waals surface area (Å²) in [6, 6.07) is 16.8. The van der Waals surface area contributed by atoms with E-state index in [1.165, 1.54) is 18.4 Å². The number of amides is 1. The molecule has 4 heterocycles. The Morgan fingerprint density at radius 2 is 1.93 bits per heavy atom. The summed E-state index contributed by atoms with van der Waals surface area (Å²) in [5.74, 6) is 0.890. The van der Waals surface area contributed by atoms with Crippen LogP contribution in [0.3, 0.4) is 0 Å². The second-order valence-corrected chi connectivity index (χ2v) is 8.21. The van der Waals surface area contributed by atoms with Gasteiger partial charge in [-0.2, -0.15) is 0 Å². The molecule has 3 saturated heterocycles. The van der Waals surface area contributed by atoms with Crippen molar-refractivity contribution in [1.82, 2.24) is 9.88 Å². The van der Waals surface area contributed by atoms with Crippen LogP contribution in [0.2, 0.25) is 0 Å². The van der Waals surface area contributed by atoms with E-state index in [1.54, 1.807) is 0 Å². The van der Waals surface area contributed by atoms with Crippen molar-refractivity contribution in [2.24, 2.45) is 5.92 Å². The first-order valence-corrected chi connectivity index (χ1v) is 10.4. The van der Waals surface area contributed by atoms with E-state index < -0.39 is 6.09 Å². The summed E-state index contributed by atoms with van der Waals surface area (Å²) < 4.78 is 0. The first-order valence-electron chi connectivity index (χ1n) is 10.4. The van der Waals surface area contributed by atoms with E-state index in [0.717, 1.165) is 41.5 Å². The minimum atomic E-state index is -1.01. The van der Waals surface area contributed by atoms with Gasteiger partial charge in [0.15, 0.2) is 0 Å². The third-order valence-corrected chi connectivity index (χ3v) is 6.69. The molecule has 3 aromatic rings. The molecule has 148 valence electrons. The topological polar surface area (TPSA) is 65.5 Å². The Morgan fingerprint density at radius 1 is 1.10 bits per heavy atom. The number of piperidine rings is 3. The van der Waals surface area contributed by atoms with E-state index in [9.17, 15) is 9.90 Å². The van der Waals surface area contributed by atoms with Gasteiger partial charge in [0.05, 0.1) is 5.69 Å². The lowest BCUT2D eigenvalue weighted by molar-refractivity contribution is 0.0259. The molecule has 2 unspecified atom stereocenters. The molecule has 0 saturated carbocycles. The van der Waals surface area contributed by atoms with Crippen LogP contribution in [0.5, 0.6) is 0 Å². The van der Waals surface area contributed by atoms with Gasteiger partial charge in [-0.1, -0.05) is 42.5 Å². The number of fused-ring (bicyclic) bond motifs is 4. The standard InChI is InChI=1S/C24H25N3O2/c28-24(29)26-23-19-6-2-1-5-17(19)7-8-20(23)22-18-9-12-27(13-10-18)21(22)14-16-4-3-11-25-15-16/h1-8,11,15,18,21-22,26H,9-10,12-14H2,(H,28,29). The molecule has 3 fully saturated rings. The Bertz CT molecular complexity index is 1030. The summed E-state index contributed by atoms with van der Waals surface area (Å²) in [5, 5.41) is 14.3. The molecule has 2 N–H and O–H groups in total. The highest BCUT2D eigenvalue weighted by Crippen LogP contribution is 2.47. The number of pyridine rings is 1. The normalized spacial score (nSPS) is 25.8. The molecule has 2 atom stereocenters. The van der Waals surface area contributed by atoms with Crippen molar-refractivity contribution in [1.29, 1.82) is 0 Å². The Labute approximate surface area is 170 Å². The quantitative estimate of drug-likeness (QED) is 0.678. The van der Waals surface area contributed by atoms with Crippen LogP contribution in [0.15, 0.2) is 60.9 Å². The molecule has 3 aliphatic rings. The van der Waals surface area contributed by atoms with Crippen LogP contribution in [0.4, 0.5) is 10.5 Å². The van der Waals surface area contributed by atoms with Crippen molar-refractivity contribution in [2.75, 3.05) is 18.4 Å². The highest BCUT2D eigenvalue weighted by molar-refractivity contribution is 6.01. The predicted octanol–water partition coefficient (Wildman–Crippen LogP) is 4.75. The number of anilines is 1. The number of rotatable bonds is 4. The number of hydrogen-bond donors (Lipinski definition) is 2. The second kappa shape index (κ2) is 7.48. The van der Waals surface area contributed by atoms with Gasteiger partial charge < -0.3 is 5.11 Å². The summed E-state index contributed by atoms with van der Waals surface area (Å²) in [5.41, 5.74) is 3.13. The second-order valence-electron chi connectivity index (χ2n) is 8.21. The number of aromatic nitrogens is 1. The molecule has 29 heavy (non-hydrogen) atoms. The molecule has 6 rings (SSSR count). The van der Waals surface area contributed by atoms with Crippen molar-refractivity contribution in [3.05, 3.63) is 72.1 Å². The van der Waals surface area contributed by atoms with Crippen molar-refractivity contribution in [3.8, 4) is 0 Å². The van der Waals surface area contributed by atoms with Crippen molar-refractivity contribution < 1.29 is 9.90 Å². The lowest BCUT2D eigenvalue weighted by Gasteiger charge is -2.52. The Hall–Kier alpha value is -2.92. The Balaban J connectivity index is 1.62. The van der Waals surface area contributed by atoms with Gasteiger partial charge in [-0.25, -0.2) is 4.79 Å². The number of hydrogen-bond acceptors (Lipinski definition) is 3. The molecule has 1 aromatic heterocycles. The monoisotopic (exact) mass is 387 g/mol. The summed E-state index contributed by atoms with van der Waals surface area (Å²) in [4.78, 5) is 18.5. The number of benzene rings is 2. The molecular formula is C24H25N3O2. The van der Waals surface area contributed by atoms with Gasteiger partial charge in [-0.05, 0) is 60.8 Å². The maximum atomic E-state index is 11.7. The third-order valence-electron chi connectivity index (χ3n) is 6.69. The van der Waals surface area contributed by atoms with Crippen LogP contribution in [-0.4, -0.2) is 40.2 Å². The predicted molar refractivity (Wildman–Crippen MR) is 114 cm³/mol. The van der Waals surface area contributed by atoms with Crippen molar-refractivity contribution >= 4 is 22.6 Å². The van der Waals surface area contributed by atoms with Gasteiger partial charge in [-0.15, -0.1) is 0 Å². The molecule has 2 bridgehead atoms. The molecule has 2 aromatic carbocycles. The van der Waals surface area contributed by atoms with Crippen molar-refractivity contribution in [2.45, 2.75) is 31.2 Å². The first kappa shape index (κ1) is 18.1. The fourth-order valence-electron chi connectivity index (χ4n) is 5.44. The van der Waals surface area contributed by atoms with Gasteiger partial charge in [0.2, 0.25) is 0 Å². The van der Waals surface area contributed by atoms with Crippen molar-refractivity contribution in [3.63, 3.8) is 0 Å². The van der Waals surface area contributed by atoms with Crippen LogP contribution >= 0.6 is 0 Å². The maximum Gasteiger partial charge on any atom is 0.409 e. The number of nitrogens with zero attached hydrogens (tertiary/aromatic N) is 2. The Morgan fingerprint density at radius 3 is 2.69 bits per heavy atom. The van der Waals surface area contributed by atoms with Gasteiger partial charge in [0.25, 0.3) is 0 Å². The number of carboxylic acid groups (broad SMARTS) is 1. The zero-order valence-electron chi connectivity index (χ0n) is 16.3. The van der Waals surface area contributed by atoms with Crippen LogP contribution in [-0.2, 0) is 6.42 Å². The van der Waals surface area contributed by atoms with Crippen LogP contribution in [0.1, 0.15) is 29.9 Å². The lowest BCUT2D eigenvalue weighted by atomic mass is 9.68. The molecule has 0 aliphatic carbocycles. The Kier molecular flexibility index (Phi) is 4.68. The fourth-order valence-corrected chi connectivity index (χ4v) is 5.44. The zero-order chi connectivity index (χ0) is 19.8. The van der Waals surface area contributed by atoms with E-state index >= 15 is 0 Å². The lowest BCUT2D eigenvalue weighted by Crippen LogP contribution is -2.54. The summed E-state index contributed by atoms with van der Waals surface area (Å²) >= 11 is 0.